The number of halogens is 1. The molecule has 0 bridgehead atoms. The summed E-state index contributed by atoms with van der Waals surface area (Å²) in [7, 11) is 0. The van der Waals surface area contributed by atoms with Crippen molar-refractivity contribution >= 4 is 17.5 Å². The molecule has 1 saturated carbocycles. The van der Waals surface area contributed by atoms with Crippen molar-refractivity contribution in [2.75, 3.05) is 11.9 Å². The number of rotatable bonds is 7. The molecule has 1 aromatic carbocycles. The van der Waals surface area contributed by atoms with E-state index in [2.05, 4.69) is 36.1 Å². The third-order valence-electron chi connectivity index (χ3n) is 7.80. The van der Waals surface area contributed by atoms with Crippen LogP contribution in [0.3, 0.4) is 0 Å². The van der Waals surface area contributed by atoms with Gasteiger partial charge >= 0.3 is 0 Å². The maximum absolute atomic E-state index is 14.1. The highest BCUT2D eigenvalue weighted by atomic mass is 19.1. The van der Waals surface area contributed by atoms with Crippen molar-refractivity contribution in [3.8, 4) is 17.0 Å². The Kier molecular flexibility index (Phi) is 6.32. The molecule has 4 aromatic rings. The van der Waals surface area contributed by atoms with E-state index in [1.165, 1.54) is 12.1 Å². The minimum absolute atomic E-state index is 0.0217. The molecule has 40 heavy (non-hydrogen) atoms. The number of H-pyrrole nitrogens is 1. The topological polar surface area (TPSA) is 148 Å². The first-order valence-corrected chi connectivity index (χ1v) is 13.1. The Balaban J connectivity index is 1.34. The van der Waals surface area contributed by atoms with Crippen LogP contribution in [0, 0.1) is 25.1 Å². The molecule has 4 heterocycles. The van der Waals surface area contributed by atoms with Crippen molar-refractivity contribution in [1.29, 1.82) is 0 Å². The lowest BCUT2D eigenvalue weighted by molar-refractivity contribution is -0.119. The predicted molar refractivity (Wildman–Crippen MR) is 141 cm³/mol. The average molecular weight is 546 g/mol. The number of hydrogen-bond donors (Lipinski definition) is 3. The number of carbonyl (C=O) groups is 2. The third-order valence-corrected chi connectivity index (χ3v) is 7.80. The van der Waals surface area contributed by atoms with Crippen molar-refractivity contribution < 1.29 is 23.3 Å². The number of nitrogens with zero attached hydrogens (tertiary/aromatic N) is 4. The monoisotopic (exact) mass is 545 g/mol. The fourth-order valence-electron chi connectivity index (χ4n) is 5.57. The number of fused-ring (bicyclic) bond motifs is 1. The van der Waals surface area contributed by atoms with E-state index in [1.54, 1.807) is 24.4 Å². The first-order valence-electron chi connectivity index (χ1n) is 13.1. The van der Waals surface area contributed by atoms with E-state index in [9.17, 15) is 14.0 Å². The van der Waals surface area contributed by atoms with E-state index in [4.69, 9.17) is 9.37 Å². The van der Waals surface area contributed by atoms with Crippen molar-refractivity contribution in [2.24, 2.45) is 5.41 Å². The number of carbonyl (C=O) groups excluding carboxylic acids is 2. The van der Waals surface area contributed by atoms with Crippen LogP contribution in [-0.4, -0.2) is 50.0 Å². The Morgan fingerprint density at radius 1 is 1.20 bits per heavy atom. The van der Waals surface area contributed by atoms with Crippen LogP contribution in [-0.2, 0) is 11.2 Å². The normalized spacial score (nSPS) is 17.6. The van der Waals surface area contributed by atoms with Gasteiger partial charge in [0.05, 0.1) is 29.9 Å². The number of aryl methyl sites for hydroxylation is 3. The molecule has 2 aliphatic rings. The number of ether oxygens (including phenoxy) is 1. The largest absolute Gasteiger partial charge is 0.493 e. The molecule has 206 valence electrons. The van der Waals surface area contributed by atoms with Crippen LogP contribution in [0.5, 0.6) is 5.75 Å². The van der Waals surface area contributed by atoms with E-state index in [1.807, 2.05) is 20.8 Å². The van der Waals surface area contributed by atoms with Crippen molar-refractivity contribution in [1.82, 2.24) is 30.8 Å². The van der Waals surface area contributed by atoms with Gasteiger partial charge in [0.2, 0.25) is 5.91 Å². The van der Waals surface area contributed by atoms with Gasteiger partial charge in [0.15, 0.2) is 5.69 Å². The van der Waals surface area contributed by atoms with E-state index in [0.717, 1.165) is 35.5 Å². The van der Waals surface area contributed by atoms with Gasteiger partial charge < -0.3 is 15.4 Å². The predicted octanol–water partition coefficient (Wildman–Crippen LogP) is 3.87. The summed E-state index contributed by atoms with van der Waals surface area (Å²) in [4.78, 5) is 31.8. The standard InChI is InChI=1S/C28H28FN7O4/c1-4-19-24(36-40-35-19)26(37)32-25(23-18-7-5-16(29)11-21(18)39-13-28(23)9-10-28)27(38)31-17-6-8-20(30-12-17)22-14(2)33-34-15(22)3/h5-8,11-12,23,25H,4,9-10,13H2,1-3H3,(H,31,38)(H,32,37)(H,33,34). The molecule has 0 radical (unpaired) electrons. The minimum Gasteiger partial charge on any atom is -0.493 e. The summed E-state index contributed by atoms with van der Waals surface area (Å²) in [6, 6.07) is 6.81. The second kappa shape index (κ2) is 9.85. The van der Waals surface area contributed by atoms with Crippen molar-refractivity contribution in [2.45, 2.75) is 52.0 Å². The summed E-state index contributed by atoms with van der Waals surface area (Å²) in [5, 5.41) is 20.5. The molecule has 1 spiro atoms. The zero-order chi connectivity index (χ0) is 28.0. The van der Waals surface area contributed by atoms with Gasteiger partial charge in [0, 0.05) is 34.2 Å². The highest BCUT2D eigenvalue weighted by Crippen LogP contribution is 2.61. The molecular formula is C28H28FN7O4. The maximum Gasteiger partial charge on any atom is 0.276 e. The molecule has 0 saturated heterocycles. The van der Waals surface area contributed by atoms with Crippen LogP contribution in [0.4, 0.5) is 10.1 Å². The summed E-state index contributed by atoms with van der Waals surface area (Å²) in [6.07, 6.45) is 3.61. The number of aromatic nitrogens is 5. The van der Waals surface area contributed by atoms with Crippen LogP contribution in [0.25, 0.3) is 11.3 Å². The molecule has 1 aliphatic carbocycles. The second-order valence-corrected chi connectivity index (χ2v) is 10.4. The number of hydrogen-bond acceptors (Lipinski definition) is 8. The highest BCUT2D eigenvalue weighted by Gasteiger charge is 2.58. The van der Waals surface area contributed by atoms with Crippen LogP contribution in [0.15, 0.2) is 41.2 Å². The van der Waals surface area contributed by atoms with E-state index in [-0.39, 0.29) is 11.1 Å². The quantitative estimate of drug-likeness (QED) is 0.317. The fourth-order valence-corrected chi connectivity index (χ4v) is 5.57. The molecule has 11 nitrogen and oxygen atoms in total. The van der Waals surface area contributed by atoms with Crippen molar-refractivity contribution in [3.63, 3.8) is 0 Å². The van der Waals surface area contributed by atoms with Crippen LogP contribution < -0.4 is 15.4 Å². The molecule has 2 unspecified atom stereocenters. The molecule has 1 aliphatic heterocycles. The zero-order valence-electron chi connectivity index (χ0n) is 22.2. The molecule has 2 atom stereocenters. The van der Waals surface area contributed by atoms with E-state index >= 15 is 0 Å². The van der Waals surface area contributed by atoms with Gasteiger partial charge in [0.25, 0.3) is 5.91 Å². The lowest BCUT2D eigenvalue weighted by atomic mass is 9.76. The van der Waals surface area contributed by atoms with E-state index in [0.29, 0.717) is 35.7 Å². The van der Waals surface area contributed by atoms with Gasteiger partial charge in [-0.25, -0.2) is 9.02 Å². The van der Waals surface area contributed by atoms with Gasteiger partial charge in [-0.1, -0.05) is 18.1 Å². The molecule has 3 aromatic heterocycles. The van der Waals surface area contributed by atoms with E-state index < -0.39 is 29.6 Å². The van der Waals surface area contributed by atoms with Crippen LogP contribution in [0.1, 0.15) is 58.8 Å². The Labute approximate surface area is 228 Å². The number of aromatic amines is 1. The lowest BCUT2D eigenvalue weighted by Crippen LogP contribution is -2.52. The number of benzene rings is 1. The Morgan fingerprint density at radius 2 is 2.02 bits per heavy atom. The van der Waals surface area contributed by atoms with Crippen LogP contribution >= 0.6 is 0 Å². The number of anilines is 1. The summed E-state index contributed by atoms with van der Waals surface area (Å²) < 4.78 is 24.8. The molecule has 2 amide bonds. The lowest BCUT2D eigenvalue weighted by Gasteiger charge is -2.38. The zero-order valence-corrected chi connectivity index (χ0v) is 22.2. The summed E-state index contributed by atoms with van der Waals surface area (Å²) in [5.41, 5.74) is 4.50. The molecular weight excluding hydrogens is 517 g/mol. The number of pyridine rings is 1. The summed E-state index contributed by atoms with van der Waals surface area (Å²) in [6.45, 7) is 5.95. The number of nitrogens with one attached hydrogen (secondary N) is 3. The molecule has 12 heteroatoms. The Hall–Kier alpha value is -4.61. The van der Waals surface area contributed by atoms with Gasteiger partial charge in [-0.3, -0.25) is 19.7 Å². The second-order valence-electron chi connectivity index (χ2n) is 10.4. The van der Waals surface area contributed by atoms with Gasteiger partial charge in [-0.05, 0) is 56.5 Å². The first kappa shape index (κ1) is 25.7. The smallest absolute Gasteiger partial charge is 0.276 e. The van der Waals surface area contributed by atoms with Gasteiger partial charge in [0.1, 0.15) is 23.3 Å². The van der Waals surface area contributed by atoms with Gasteiger partial charge in [-0.2, -0.15) is 5.10 Å². The molecule has 6 rings (SSSR count). The maximum atomic E-state index is 14.1. The Bertz CT molecular complexity index is 1570. The molecule has 1 fully saturated rings. The number of amides is 2. The van der Waals surface area contributed by atoms with Crippen molar-refractivity contribution in [3.05, 3.63) is 70.7 Å². The average Bonchev–Trinajstić information content (AvgIpc) is 3.39. The summed E-state index contributed by atoms with van der Waals surface area (Å²) in [5.74, 6) is -1.56. The third kappa shape index (κ3) is 4.48. The first-order chi connectivity index (χ1) is 19.3. The Morgan fingerprint density at radius 3 is 2.70 bits per heavy atom. The highest BCUT2D eigenvalue weighted by molar-refractivity contribution is 6.01. The summed E-state index contributed by atoms with van der Waals surface area (Å²) >= 11 is 0. The molecule has 3 N–H and O–H groups in total. The van der Waals surface area contributed by atoms with Crippen LogP contribution in [0.2, 0.25) is 0 Å². The van der Waals surface area contributed by atoms with Gasteiger partial charge in [-0.15, -0.1) is 0 Å². The SMILES string of the molecule is CCc1nonc1C(=O)NC(C(=O)Nc1ccc(-c2c(C)n[nH]c2C)nc1)C1c2ccc(F)cc2OCC12CC2. The fraction of sp³-hybridized carbons (Fsp3) is 0.357. The minimum atomic E-state index is -1.03.